The highest BCUT2D eigenvalue weighted by Gasteiger charge is 2.17. The molecule has 5 nitrogen and oxygen atoms in total. The van der Waals surface area contributed by atoms with Crippen LogP contribution in [0.5, 0.6) is 0 Å². The Morgan fingerprint density at radius 3 is 2.67 bits per heavy atom. The van der Waals surface area contributed by atoms with Crippen molar-refractivity contribution < 1.29 is 13.2 Å². The molecule has 0 aliphatic heterocycles. The molecule has 7 heteroatoms. The lowest BCUT2D eigenvalue weighted by Gasteiger charge is -2.10. The highest BCUT2D eigenvalue weighted by Crippen LogP contribution is 2.22. The molecule has 1 rings (SSSR count). The Morgan fingerprint density at radius 2 is 2.00 bits per heavy atom. The molecule has 0 saturated carbocycles. The summed E-state index contributed by atoms with van der Waals surface area (Å²) < 4.78 is 32.3. The van der Waals surface area contributed by atoms with Crippen molar-refractivity contribution in [3.05, 3.63) is 28.8 Å². The minimum Gasteiger partial charge on any atom is -0.381 e. The maximum atomic E-state index is 12.2. The summed E-state index contributed by atoms with van der Waals surface area (Å²) in [7, 11) is -3.61. The number of rotatable bonds is 10. The number of hydrogen-bond donors (Lipinski definition) is 2. The van der Waals surface area contributed by atoms with Gasteiger partial charge in [0.25, 0.3) is 0 Å². The molecule has 0 atom stereocenters. The minimum absolute atomic E-state index is 0.0685. The van der Waals surface area contributed by atoms with Crippen LogP contribution in [-0.2, 0) is 21.3 Å². The van der Waals surface area contributed by atoms with E-state index in [0.717, 1.165) is 18.4 Å². The number of halogens is 1. The standard InChI is InChI=1S/C14H23ClN2O3S/c1-2-3-8-20-9-4-7-17-21(18,19)14-10-12(11-16)5-6-13(14)15/h5-6,10,17H,2-4,7-9,11,16H2,1H3. The van der Waals surface area contributed by atoms with Gasteiger partial charge in [-0.05, 0) is 30.5 Å². The fourth-order valence-corrected chi connectivity index (χ4v) is 3.31. The van der Waals surface area contributed by atoms with Crippen LogP contribution in [0.4, 0.5) is 0 Å². The zero-order valence-corrected chi connectivity index (χ0v) is 13.8. The fraction of sp³-hybridized carbons (Fsp3) is 0.571. The van der Waals surface area contributed by atoms with Crippen LogP contribution in [0.25, 0.3) is 0 Å². The quantitative estimate of drug-likeness (QED) is 0.643. The van der Waals surface area contributed by atoms with Crippen molar-refractivity contribution in [1.82, 2.24) is 4.72 Å². The normalized spacial score (nSPS) is 11.8. The third-order valence-corrected chi connectivity index (χ3v) is 4.86. The summed E-state index contributed by atoms with van der Waals surface area (Å²) in [6, 6.07) is 4.76. The molecule has 0 unspecified atom stereocenters. The van der Waals surface area contributed by atoms with E-state index in [9.17, 15) is 8.42 Å². The Morgan fingerprint density at radius 1 is 1.29 bits per heavy atom. The first kappa shape index (κ1) is 18.4. The molecule has 0 aliphatic rings. The van der Waals surface area contributed by atoms with Crippen LogP contribution < -0.4 is 10.5 Å². The van der Waals surface area contributed by atoms with Gasteiger partial charge in [-0.15, -0.1) is 0 Å². The van der Waals surface area contributed by atoms with E-state index in [1.807, 2.05) is 0 Å². The second-order valence-corrected chi connectivity index (χ2v) is 6.83. The second kappa shape index (κ2) is 9.38. The molecule has 0 fully saturated rings. The van der Waals surface area contributed by atoms with Gasteiger partial charge in [0.15, 0.2) is 0 Å². The molecular formula is C14H23ClN2O3S. The van der Waals surface area contributed by atoms with Crippen molar-refractivity contribution in [2.75, 3.05) is 19.8 Å². The average Bonchev–Trinajstić information content (AvgIpc) is 2.46. The Hall–Kier alpha value is -0.660. The van der Waals surface area contributed by atoms with Gasteiger partial charge in [0, 0.05) is 26.3 Å². The molecule has 1 aromatic rings. The van der Waals surface area contributed by atoms with Gasteiger partial charge >= 0.3 is 0 Å². The van der Waals surface area contributed by atoms with Crippen LogP contribution in [0, 0.1) is 0 Å². The molecular weight excluding hydrogens is 312 g/mol. The number of hydrogen-bond acceptors (Lipinski definition) is 4. The predicted molar refractivity (Wildman–Crippen MR) is 84.9 cm³/mol. The third-order valence-electron chi connectivity index (χ3n) is 2.92. The number of ether oxygens (including phenoxy) is 1. The van der Waals surface area contributed by atoms with Crippen molar-refractivity contribution in [3.8, 4) is 0 Å². The summed E-state index contributed by atoms with van der Waals surface area (Å²) in [6.45, 7) is 3.94. The van der Waals surface area contributed by atoms with Crippen LogP contribution in [0.2, 0.25) is 5.02 Å². The molecule has 0 aliphatic carbocycles. The summed E-state index contributed by atoms with van der Waals surface area (Å²) in [5, 5.41) is 0.193. The summed E-state index contributed by atoms with van der Waals surface area (Å²) in [6.07, 6.45) is 2.73. The zero-order valence-electron chi connectivity index (χ0n) is 12.3. The Balaban J connectivity index is 2.50. The van der Waals surface area contributed by atoms with Crippen molar-refractivity contribution in [1.29, 1.82) is 0 Å². The van der Waals surface area contributed by atoms with Crippen molar-refractivity contribution in [3.63, 3.8) is 0 Å². The molecule has 0 bridgehead atoms. The Kier molecular flexibility index (Phi) is 8.21. The van der Waals surface area contributed by atoms with Crippen molar-refractivity contribution in [2.24, 2.45) is 5.73 Å². The molecule has 1 aromatic carbocycles. The molecule has 0 saturated heterocycles. The number of unbranched alkanes of at least 4 members (excludes halogenated alkanes) is 1. The van der Waals surface area contributed by atoms with Gasteiger partial charge in [-0.2, -0.15) is 0 Å². The monoisotopic (exact) mass is 334 g/mol. The van der Waals surface area contributed by atoms with Crippen LogP contribution in [-0.4, -0.2) is 28.2 Å². The Labute approximate surface area is 131 Å². The second-order valence-electron chi connectivity index (χ2n) is 4.69. The van der Waals surface area contributed by atoms with E-state index in [-0.39, 0.29) is 16.5 Å². The van der Waals surface area contributed by atoms with E-state index < -0.39 is 10.0 Å². The molecule has 120 valence electrons. The first-order valence-electron chi connectivity index (χ1n) is 7.07. The van der Waals surface area contributed by atoms with E-state index in [1.165, 1.54) is 6.07 Å². The molecule has 0 spiro atoms. The lowest BCUT2D eigenvalue weighted by atomic mass is 10.2. The van der Waals surface area contributed by atoms with Gasteiger partial charge < -0.3 is 10.5 Å². The van der Waals surface area contributed by atoms with Crippen LogP contribution in [0.15, 0.2) is 23.1 Å². The van der Waals surface area contributed by atoms with E-state index in [0.29, 0.717) is 26.2 Å². The number of nitrogens with one attached hydrogen (secondary N) is 1. The third kappa shape index (κ3) is 6.32. The SMILES string of the molecule is CCCCOCCCNS(=O)(=O)c1cc(CN)ccc1Cl. The predicted octanol–water partition coefficient (Wildman–Crippen LogP) is 2.28. The van der Waals surface area contributed by atoms with E-state index in [4.69, 9.17) is 22.1 Å². The van der Waals surface area contributed by atoms with Crippen LogP contribution in [0.3, 0.4) is 0 Å². The molecule has 0 amide bonds. The molecule has 0 heterocycles. The first-order valence-corrected chi connectivity index (χ1v) is 8.93. The highest BCUT2D eigenvalue weighted by atomic mass is 35.5. The maximum absolute atomic E-state index is 12.2. The number of benzene rings is 1. The van der Waals surface area contributed by atoms with Crippen LogP contribution >= 0.6 is 11.6 Å². The zero-order chi connectivity index (χ0) is 15.7. The fourth-order valence-electron chi connectivity index (χ4n) is 1.69. The molecule has 0 radical (unpaired) electrons. The van der Waals surface area contributed by atoms with E-state index in [1.54, 1.807) is 12.1 Å². The van der Waals surface area contributed by atoms with Crippen molar-refractivity contribution in [2.45, 2.75) is 37.6 Å². The first-order chi connectivity index (χ1) is 10.0. The summed E-state index contributed by atoms with van der Waals surface area (Å²) in [4.78, 5) is 0.0685. The van der Waals surface area contributed by atoms with Gasteiger partial charge in [-0.3, -0.25) is 0 Å². The maximum Gasteiger partial charge on any atom is 0.242 e. The lowest BCUT2D eigenvalue weighted by Crippen LogP contribution is -2.26. The topological polar surface area (TPSA) is 81.4 Å². The van der Waals surface area contributed by atoms with Gasteiger partial charge in [-0.1, -0.05) is 31.0 Å². The van der Waals surface area contributed by atoms with Crippen molar-refractivity contribution >= 4 is 21.6 Å². The van der Waals surface area contributed by atoms with Gasteiger partial charge in [0.05, 0.1) is 5.02 Å². The molecule has 21 heavy (non-hydrogen) atoms. The summed E-state index contributed by atoms with van der Waals surface area (Å²) in [5.41, 5.74) is 6.24. The lowest BCUT2D eigenvalue weighted by molar-refractivity contribution is 0.130. The smallest absolute Gasteiger partial charge is 0.242 e. The van der Waals surface area contributed by atoms with E-state index in [2.05, 4.69) is 11.6 Å². The van der Waals surface area contributed by atoms with E-state index >= 15 is 0 Å². The van der Waals surface area contributed by atoms with Crippen LogP contribution in [0.1, 0.15) is 31.7 Å². The molecule has 0 aromatic heterocycles. The largest absolute Gasteiger partial charge is 0.381 e. The average molecular weight is 335 g/mol. The summed E-state index contributed by atoms with van der Waals surface area (Å²) >= 11 is 5.95. The Bertz CT molecular complexity index is 535. The van der Waals surface area contributed by atoms with Gasteiger partial charge in [0.1, 0.15) is 4.90 Å². The highest BCUT2D eigenvalue weighted by molar-refractivity contribution is 7.89. The summed E-state index contributed by atoms with van der Waals surface area (Å²) in [5.74, 6) is 0. The van der Waals surface area contributed by atoms with Gasteiger partial charge in [-0.25, -0.2) is 13.1 Å². The molecule has 3 N–H and O–H groups in total. The number of sulfonamides is 1. The minimum atomic E-state index is -3.61. The van der Waals surface area contributed by atoms with Gasteiger partial charge in [0.2, 0.25) is 10.0 Å². The number of nitrogens with two attached hydrogens (primary N) is 1.